The van der Waals surface area contributed by atoms with Crippen LogP contribution >= 0.6 is 11.6 Å². The van der Waals surface area contributed by atoms with Crippen LogP contribution in [0, 0.1) is 17.2 Å². The summed E-state index contributed by atoms with van der Waals surface area (Å²) in [6.07, 6.45) is 0. The molecule has 0 amide bonds. The van der Waals surface area contributed by atoms with Crippen molar-refractivity contribution in [3.63, 3.8) is 0 Å². The van der Waals surface area contributed by atoms with Gasteiger partial charge in [0.1, 0.15) is 4.90 Å². The Morgan fingerprint density at radius 3 is 2.74 bits per heavy atom. The fourth-order valence-corrected chi connectivity index (χ4v) is 2.85. The molecular formula is C11H11ClN2O4S. The Balaban J connectivity index is 3.11. The SMILES string of the molecule is CC(C#N)CNS(=O)(=O)c1cc(C(=O)O)ccc1Cl. The van der Waals surface area contributed by atoms with E-state index < -0.39 is 21.9 Å². The molecule has 0 aromatic heterocycles. The topological polar surface area (TPSA) is 107 Å². The summed E-state index contributed by atoms with van der Waals surface area (Å²) in [5.41, 5.74) is -0.182. The minimum Gasteiger partial charge on any atom is -0.478 e. The predicted molar refractivity (Wildman–Crippen MR) is 68.4 cm³/mol. The quantitative estimate of drug-likeness (QED) is 0.856. The largest absolute Gasteiger partial charge is 0.478 e. The van der Waals surface area contributed by atoms with E-state index in [1.165, 1.54) is 12.1 Å². The summed E-state index contributed by atoms with van der Waals surface area (Å²) in [5, 5.41) is 17.3. The van der Waals surface area contributed by atoms with Gasteiger partial charge in [-0.25, -0.2) is 17.9 Å². The number of nitrogens with zero attached hydrogens (tertiary/aromatic N) is 1. The van der Waals surface area contributed by atoms with Gasteiger partial charge in [0.05, 0.1) is 22.6 Å². The van der Waals surface area contributed by atoms with Gasteiger partial charge in [0.25, 0.3) is 0 Å². The van der Waals surface area contributed by atoms with E-state index >= 15 is 0 Å². The molecule has 1 atom stereocenters. The lowest BCUT2D eigenvalue weighted by atomic mass is 10.2. The fraction of sp³-hybridized carbons (Fsp3) is 0.273. The highest BCUT2D eigenvalue weighted by Crippen LogP contribution is 2.22. The molecule has 0 aliphatic heterocycles. The highest BCUT2D eigenvalue weighted by Gasteiger charge is 2.20. The van der Waals surface area contributed by atoms with E-state index in [1.807, 2.05) is 6.07 Å². The van der Waals surface area contributed by atoms with E-state index in [1.54, 1.807) is 6.92 Å². The molecule has 1 aromatic carbocycles. The van der Waals surface area contributed by atoms with Crippen LogP contribution in [0.2, 0.25) is 5.02 Å². The van der Waals surface area contributed by atoms with Gasteiger partial charge in [0.2, 0.25) is 10.0 Å². The standard InChI is InChI=1S/C11H11ClN2O4S/c1-7(5-13)6-14-19(17,18)10-4-8(11(15)16)2-3-9(10)12/h2-4,7,14H,6H2,1H3,(H,15,16). The number of aromatic carboxylic acids is 1. The smallest absolute Gasteiger partial charge is 0.335 e. The minimum atomic E-state index is -3.95. The zero-order valence-corrected chi connectivity index (χ0v) is 11.5. The van der Waals surface area contributed by atoms with Crippen LogP contribution in [0.5, 0.6) is 0 Å². The zero-order chi connectivity index (χ0) is 14.6. The van der Waals surface area contributed by atoms with Gasteiger partial charge >= 0.3 is 5.97 Å². The molecule has 1 unspecified atom stereocenters. The Hall–Kier alpha value is -1.62. The number of carbonyl (C=O) groups is 1. The number of benzene rings is 1. The molecule has 0 saturated heterocycles. The second-order valence-corrected chi connectivity index (χ2v) is 5.97. The van der Waals surface area contributed by atoms with Gasteiger partial charge < -0.3 is 5.11 Å². The van der Waals surface area contributed by atoms with Crippen molar-refractivity contribution in [3.8, 4) is 6.07 Å². The molecule has 0 aliphatic rings. The lowest BCUT2D eigenvalue weighted by Crippen LogP contribution is -2.28. The molecule has 0 spiro atoms. The third kappa shape index (κ3) is 3.92. The first-order chi connectivity index (χ1) is 8.77. The number of sulfonamides is 1. The average molecular weight is 303 g/mol. The van der Waals surface area contributed by atoms with Gasteiger partial charge in [-0.2, -0.15) is 5.26 Å². The summed E-state index contributed by atoms with van der Waals surface area (Å²) < 4.78 is 26.1. The van der Waals surface area contributed by atoms with Crippen molar-refractivity contribution in [2.24, 2.45) is 5.92 Å². The van der Waals surface area contributed by atoms with Crippen molar-refractivity contribution < 1.29 is 18.3 Å². The van der Waals surface area contributed by atoms with Crippen LogP contribution in [-0.4, -0.2) is 26.0 Å². The van der Waals surface area contributed by atoms with Gasteiger partial charge in [-0.3, -0.25) is 0 Å². The van der Waals surface area contributed by atoms with Crippen molar-refractivity contribution in [1.82, 2.24) is 4.72 Å². The van der Waals surface area contributed by atoms with E-state index in [9.17, 15) is 13.2 Å². The van der Waals surface area contributed by atoms with Gasteiger partial charge in [-0.1, -0.05) is 11.6 Å². The zero-order valence-electron chi connectivity index (χ0n) is 9.92. The summed E-state index contributed by atoms with van der Waals surface area (Å²) >= 11 is 5.76. The summed E-state index contributed by atoms with van der Waals surface area (Å²) in [4.78, 5) is 10.5. The van der Waals surface area contributed by atoms with Crippen LogP contribution in [-0.2, 0) is 10.0 Å². The first-order valence-corrected chi connectivity index (χ1v) is 7.06. The molecule has 8 heteroatoms. The highest BCUT2D eigenvalue weighted by atomic mass is 35.5. The van der Waals surface area contributed by atoms with Crippen molar-refractivity contribution in [2.45, 2.75) is 11.8 Å². The molecule has 0 fully saturated rings. The van der Waals surface area contributed by atoms with Gasteiger partial charge in [0, 0.05) is 6.54 Å². The van der Waals surface area contributed by atoms with Gasteiger partial charge in [-0.15, -0.1) is 0 Å². The average Bonchev–Trinajstić information content (AvgIpc) is 2.36. The second-order valence-electron chi connectivity index (χ2n) is 3.83. The first-order valence-electron chi connectivity index (χ1n) is 5.20. The highest BCUT2D eigenvalue weighted by molar-refractivity contribution is 7.89. The Labute approximate surface area is 115 Å². The van der Waals surface area contributed by atoms with Gasteiger partial charge in [0.15, 0.2) is 0 Å². The molecule has 0 radical (unpaired) electrons. The molecule has 1 aromatic rings. The number of nitrogens with one attached hydrogen (secondary N) is 1. The first kappa shape index (κ1) is 15.4. The van der Waals surface area contributed by atoms with E-state index in [4.69, 9.17) is 22.0 Å². The molecule has 19 heavy (non-hydrogen) atoms. The molecular weight excluding hydrogens is 292 g/mol. The lowest BCUT2D eigenvalue weighted by Gasteiger charge is -2.09. The summed E-state index contributed by atoms with van der Waals surface area (Å²) in [7, 11) is -3.95. The third-order valence-corrected chi connectivity index (χ3v) is 4.17. The maximum absolute atomic E-state index is 12.0. The van der Waals surface area contributed by atoms with E-state index in [0.717, 1.165) is 6.07 Å². The van der Waals surface area contributed by atoms with Crippen molar-refractivity contribution >= 4 is 27.6 Å². The van der Waals surface area contributed by atoms with E-state index in [0.29, 0.717) is 0 Å². The van der Waals surface area contributed by atoms with Gasteiger partial charge in [-0.05, 0) is 25.1 Å². The van der Waals surface area contributed by atoms with E-state index in [-0.39, 0.29) is 22.0 Å². The monoisotopic (exact) mass is 302 g/mol. The molecule has 0 heterocycles. The predicted octanol–water partition coefficient (Wildman–Crippen LogP) is 1.48. The number of rotatable bonds is 5. The maximum Gasteiger partial charge on any atom is 0.335 e. The fourth-order valence-electron chi connectivity index (χ4n) is 1.20. The van der Waals surface area contributed by atoms with Crippen LogP contribution in [0.4, 0.5) is 0 Å². The minimum absolute atomic E-state index is 0.0769. The molecule has 1 rings (SSSR count). The van der Waals surface area contributed by atoms with Crippen LogP contribution in [0.3, 0.4) is 0 Å². The Morgan fingerprint density at radius 2 is 2.21 bits per heavy atom. The van der Waals surface area contributed by atoms with Crippen LogP contribution < -0.4 is 4.72 Å². The van der Waals surface area contributed by atoms with Crippen LogP contribution in [0.25, 0.3) is 0 Å². The number of halogens is 1. The number of hydrogen-bond acceptors (Lipinski definition) is 4. The summed E-state index contributed by atoms with van der Waals surface area (Å²) in [5.74, 6) is -1.75. The molecule has 2 N–H and O–H groups in total. The Morgan fingerprint density at radius 1 is 1.58 bits per heavy atom. The number of carboxylic acid groups (broad SMARTS) is 1. The molecule has 0 bridgehead atoms. The lowest BCUT2D eigenvalue weighted by molar-refractivity contribution is 0.0696. The number of carboxylic acids is 1. The summed E-state index contributed by atoms with van der Waals surface area (Å²) in [6.45, 7) is 1.48. The van der Waals surface area contributed by atoms with Crippen molar-refractivity contribution in [2.75, 3.05) is 6.54 Å². The summed E-state index contributed by atoms with van der Waals surface area (Å²) in [6, 6.07) is 5.27. The Kier molecular flexibility index (Phi) is 4.89. The van der Waals surface area contributed by atoms with Crippen LogP contribution in [0.15, 0.2) is 23.1 Å². The van der Waals surface area contributed by atoms with Crippen molar-refractivity contribution in [3.05, 3.63) is 28.8 Å². The molecule has 102 valence electrons. The van der Waals surface area contributed by atoms with E-state index in [2.05, 4.69) is 4.72 Å². The van der Waals surface area contributed by atoms with Crippen LogP contribution in [0.1, 0.15) is 17.3 Å². The maximum atomic E-state index is 12.0. The number of nitriles is 1. The number of hydrogen-bond donors (Lipinski definition) is 2. The molecule has 0 saturated carbocycles. The second kappa shape index (κ2) is 6.02. The van der Waals surface area contributed by atoms with Crippen molar-refractivity contribution in [1.29, 1.82) is 5.26 Å². The molecule has 0 aliphatic carbocycles. The molecule has 6 nitrogen and oxygen atoms in total. The normalized spacial score (nSPS) is 12.7. The third-order valence-electron chi connectivity index (χ3n) is 2.27. The Bertz CT molecular complexity index is 637.